The molecule has 0 heterocycles. The summed E-state index contributed by atoms with van der Waals surface area (Å²) in [4.78, 5) is 34.4. The molecule has 0 unspecified atom stereocenters. The van der Waals surface area contributed by atoms with E-state index in [9.17, 15) is 14.4 Å². The Hall–Kier alpha value is -3.03. The van der Waals surface area contributed by atoms with Gasteiger partial charge in [0.15, 0.2) is 23.7 Å². The summed E-state index contributed by atoms with van der Waals surface area (Å²) in [7, 11) is 3.76. The zero-order chi connectivity index (χ0) is 19.7. The molecule has 0 amide bonds. The summed E-state index contributed by atoms with van der Waals surface area (Å²) in [6.45, 7) is 3.03. The Morgan fingerprint density at radius 2 is 1.38 bits per heavy atom. The molecule has 0 saturated carbocycles. The Kier molecular flexibility index (Phi) is 8.14. The lowest BCUT2D eigenvalue weighted by Gasteiger charge is -2.19. The maximum absolute atomic E-state index is 11.6. The molecule has 0 aromatic heterocycles. The van der Waals surface area contributed by atoms with Crippen molar-refractivity contribution in [3.63, 3.8) is 0 Å². The van der Waals surface area contributed by atoms with Gasteiger partial charge >= 0.3 is 17.9 Å². The Morgan fingerprint density at radius 3 is 1.88 bits per heavy atom. The van der Waals surface area contributed by atoms with Crippen molar-refractivity contribution >= 4 is 24.0 Å². The van der Waals surface area contributed by atoms with Crippen molar-refractivity contribution in [2.45, 2.75) is 26.1 Å². The third-order valence-electron chi connectivity index (χ3n) is 3.25. The van der Waals surface area contributed by atoms with E-state index < -0.39 is 30.1 Å². The second-order valence-corrected chi connectivity index (χ2v) is 5.13. The van der Waals surface area contributed by atoms with E-state index in [1.807, 2.05) is 0 Å². The molecule has 1 rings (SSSR count). The van der Waals surface area contributed by atoms with Gasteiger partial charge in [-0.25, -0.2) is 14.4 Å². The maximum Gasteiger partial charge on any atom is 0.346 e. The van der Waals surface area contributed by atoms with Crippen LogP contribution >= 0.6 is 0 Å². The van der Waals surface area contributed by atoms with Gasteiger partial charge in [0.2, 0.25) is 0 Å². The van der Waals surface area contributed by atoms with Crippen LogP contribution in [0.2, 0.25) is 0 Å². The molecule has 8 heteroatoms. The number of hydrogen-bond acceptors (Lipinski definition) is 8. The maximum atomic E-state index is 11.6. The minimum atomic E-state index is -0.907. The fourth-order valence-corrected chi connectivity index (χ4v) is 1.86. The summed E-state index contributed by atoms with van der Waals surface area (Å²) in [6, 6.07) is 4.75. The van der Waals surface area contributed by atoms with E-state index in [1.54, 1.807) is 18.2 Å². The van der Waals surface area contributed by atoms with Crippen LogP contribution in [0.1, 0.15) is 19.4 Å². The van der Waals surface area contributed by atoms with Crippen LogP contribution in [0.15, 0.2) is 24.3 Å². The molecular weight excluding hydrogens is 344 g/mol. The van der Waals surface area contributed by atoms with Gasteiger partial charge in [-0.1, -0.05) is 6.07 Å². The Labute approximate surface area is 151 Å². The monoisotopic (exact) mass is 366 g/mol. The van der Waals surface area contributed by atoms with Crippen LogP contribution in [0.5, 0.6) is 11.5 Å². The number of esters is 3. The summed E-state index contributed by atoms with van der Waals surface area (Å²) < 4.78 is 24.9. The van der Waals surface area contributed by atoms with Gasteiger partial charge in [0.05, 0.1) is 21.3 Å². The van der Waals surface area contributed by atoms with Crippen molar-refractivity contribution in [1.82, 2.24) is 0 Å². The van der Waals surface area contributed by atoms with Crippen LogP contribution in [0.25, 0.3) is 6.08 Å². The molecule has 8 nitrogen and oxygen atoms in total. The number of rotatable bonds is 8. The molecule has 0 aliphatic heterocycles. The molecular formula is C18H22O8. The lowest BCUT2D eigenvalue weighted by atomic mass is 10.2. The zero-order valence-electron chi connectivity index (χ0n) is 15.3. The first kappa shape index (κ1) is 21.0. The highest BCUT2D eigenvalue weighted by Gasteiger charge is 2.21. The molecule has 0 fully saturated rings. The largest absolute Gasteiger partial charge is 0.475 e. The van der Waals surface area contributed by atoms with Gasteiger partial charge in [0.25, 0.3) is 0 Å². The quantitative estimate of drug-likeness (QED) is 0.390. The lowest BCUT2D eigenvalue weighted by molar-refractivity contribution is -0.149. The molecule has 2 atom stereocenters. The molecule has 0 radical (unpaired) electrons. The van der Waals surface area contributed by atoms with Gasteiger partial charge < -0.3 is 23.7 Å². The van der Waals surface area contributed by atoms with Crippen molar-refractivity contribution in [2.75, 3.05) is 21.3 Å². The van der Waals surface area contributed by atoms with Crippen LogP contribution < -0.4 is 9.47 Å². The smallest absolute Gasteiger partial charge is 0.346 e. The number of methoxy groups -OCH3 is 3. The second-order valence-electron chi connectivity index (χ2n) is 5.13. The second kappa shape index (κ2) is 10.1. The van der Waals surface area contributed by atoms with Gasteiger partial charge in [-0.05, 0) is 37.6 Å². The van der Waals surface area contributed by atoms with Crippen molar-refractivity contribution in [3.8, 4) is 11.5 Å². The predicted octanol–water partition coefficient (Wildman–Crippen LogP) is 1.75. The summed E-state index contributed by atoms with van der Waals surface area (Å²) in [5, 5.41) is 0. The van der Waals surface area contributed by atoms with Crippen molar-refractivity contribution in [1.29, 1.82) is 0 Å². The number of carbonyl (C=O) groups is 3. The molecule has 0 spiro atoms. The van der Waals surface area contributed by atoms with Crippen molar-refractivity contribution < 1.29 is 38.1 Å². The highest BCUT2D eigenvalue weighted by molar-refractivity contribution is 5.87. The average Bonchev–Trinajstić information content (AvgIpc) is 2.65. The summed E-state index contributed by atoms with van der Waals surface area (Å²) in [5.74, 6) is -1.23. The summed E-state index contributed by atoms with van der Waals surface area (Å²) in [6.07, 6.45) is 0.956. The Bertz CT molecular complexity index is 680. The van der Waals surface area contributed by atoms with E-state index in [2.05, 4.69) is 14.2 Å². The van der Waals surface area contributed by atoms with Gasteiger partial charge in [0, 0.05) is 6.08 Å². The fourth-order valence-electron chi connectivity index (χ4n) is 1.86. The molecule has 0 bridgehead atoms. The van der Waals surface area contributed by atoms with E-state index in [0.29, 0.717) is 5.56 Å². The Balaban J connectivity index is 3.14. The topological polar surface area (TPSA) is 97.4 Å². The third kappa shape index (κ3) is 6.12. The number of carbonyl (C=O) groups excluding carboxylic acids is 3. The molecule has 0 N–H and O–H groups in total. The van der Waals surface area contributed by atoms with Crippen LogP contribution in [0.3, 0.4) is 0 Å². The first-order valence-electron chi connectivity index (χ1n) is 7.71. The van der Waals surface area contributed by atoms with Crippen molar-refractivity contribution in [2.24, 2.45) is 0 Å². The van der Waals surface area contributed by atoms with Gasteiger partial charge in [-0.15, -0.1) is 0 Å². The van der Waals surface area contributed by atoms with Gasteiger partial charge in [-0.2, -0.15) is 0 Å². The molecule has 142 valence electrons. The van der Waals surface area contributed by atoms with E-state index >= 15 is 0 Å². The zero-order valence-corrected chi connectivity index (χ0v) is 15.3. The van der Waals surface area contributed by atoms with Crippen LogP contribution in [-0.2, 0) is 28.6 Å². The first-order chi connectivity index (χ1) is 12.3. The lowest BCUT2D eigenvalue weighted by Crippen LogP contribution is -2.27. The minimum Gasteiger partial charge on any atom is -0.475 e. The average molecular weight is 366 g/mol. The van der Waals surface area contributed by atoms with E-state index in [0.717, 1.165) is 0 Å². The Morgan fingerprint density at radius 1 is 0.846 bits per heavy atom. The predicted molar refractivity (Wildman–Crippen MR) is 91.7 cm³/mol. The molecule has 1 aromatic rings. The summed E-state index contributed by atoms with van der Waals surface area (Å²) in [5.41, 5.74) is 0.598. The minimum absolute atomic E-state index is 0.200. The SMILES string of the molecule is COC(=O)/C=C/c1ccc(O[C@H](C)C(=O)OC)c(O[C@@H](C)C(=O)OC)c1. The van der Waals surface area contributed by atoms with E-state index in [4.69, 9.17) is 9.47 Å². The number of benzene rings is 1. The third-order valence-corrected chi connectivity index (χ3v) is 3.25. The van der Waals surface area contributed by atoms with Gasteiger partial charge in [-0.3, -0.25) is 0 Å². The van der Waals surface area contributed by atoms with Crippen molar-refractivity contribution in [3.05, 3.63) is 29.8 Å². The number of hydrogen-bond donors (Lipinski definition) is 0. The van der Waals surface area contributed by atoms with Crippen LogP contribution in [0.4, 0.5) is 0 Å². The molecule has 1 aromatic carbocycles. The molecule has 0 saturated heterocycles. The highest BCUT2D eigenvalue weighted by atomic mass is 16.6. The van der Waals surface area contributed by atoms with Crippen LogP contribution in [0, 0.1) is 0 Å². The molecule has 0 aliphatic carbocycles. The molecule has 0 aliphatic rings. The first-order valence-corrected chi connectivity index (χ1v) is 7.71. The normalized spacial score (nSPS) is 12.8. The fraction of sp³-hybridized carbons (Fsp3) is 0.389. The van der Waals surface area contributed by atoms with Gasteiger partial charge in [0.1, 0.15) is 0 Å². The molecule has 26 heavy (non-hydrogen) atoms. The van der Waals surface area contributed by atoms with E-state index in [1.165, 1.54) is 47.3 Å². The highest BCUT2D eigenvalue weighted by Crippen LogP contribution is 2.31. The summed E-state index contributed by atoms with van der Waals surface area (Å²) >= 11 is 0. The van der Waals surface area contributed by atoms with E-state index in [-0.39, 0.29) is 11.5 Å². The standard InChI is InChI=1S/C18H22O8/c1-11(17(20)23-4)25-14-8-6-13(7-9-16(19)22-3)10-15(14)26-12(2)18(21)24-5/h6-12H,1-5H3/b9-7+/t11-,12+/m1/s1. The van der Waals surface area contributed by atoms with Crippen LogP contribution in [-0.4, -0.2) is 51.4 Å². The number of ether oxygens (including phenoxy) is 5.